The lowest BCUT2D eigenvalue weighted by Crippen LogP contribution is -2.28. The summed E-state index contributed by atoms with van der Waals surface area (Å²) in [4.78, 5) is 24.1. The molecule has 1 aliphatic heterocycles. The molecule has 0 spiro atoms. The molecule has 25 heavy (non-hydrogen) atoms. The maximum absolute atomic E-state index is 12.6. The molecule has 1 aliphatic rings. The summed E-state index contributed by atoms with van der Waals surface area (Å²) >= 11 is 0. The number of amides is 2. The number of carbonyl (C=O) groups is 2. The van der Waals surface area contributed by atoms with Crippen molar-refractivity contribution in [2.24, 2.45) is 5.73 Å². The molecule has 0 unspecified atom stereocenters. The van der Waals surface area contributed by atoms with Crippen molar-refractivity contribution in [3.05, 3.63) is 76.9 Å². The number of carbonyl (C=O) groups excluding carboxylic acids is 2. The number of nitrogens with two attached hydrogens (primary N) is 1. The summed E-state index contributed by atoms with van der Waals surface area (Å²) in [6.45, 7) is 1.74. The Morgan fingerprint density at radius 2 is 1.52 bits per heavy atom. The van der Waals surface area contributed by atoms with E-state index >= 15 is 0 Å². The average molecular weight is 335 g/mol. The van der Waals surface area contributed by atoms with Crippen LogP contribution in [0.1, 0.15) is 39.1 Å². The second-order valence-corrected chi connectivity index (χ2v) is 5.99. The maximum Gasteiger partial charge on any atom is 0.255 e. The Hall–Kier alpha value is -2.92. The molecule has 128 valence electrons. The molecular formula is C20H21N3O2. The van der Waals surface area contributed by atoms with Gasteiger partial charge in [-0.25, -0.2) is 0 Å². The molecule has 1 fully saturated rings. The summed E-state index contributed by atoms with van der Waals surface area (Å²) in [6, 6.07) is 16.2. The minimum Gasteiger partial charge on any atom is -0.366 e. The van der Waals surface area contributed by atoms with Crippen LogP contribution in [-0.2, 0) is 0 Å². The fraction of sp³-hybridized carbons (Fsp3) is 0.200. The molecular weight excluding hydrogens is 314 g/mol. The van der Waals surface area contributed by atoms with Gasteiger partial charge in [-0.1, -0.05) is 30.3 Å². The van der Waals surface area contributed by atoms with Gasteiger partial charge in [-0.2, -0.15) is 0 Å². The maximum atomic E-state index is 12.6. The van der Waals surface area contributed by atoms with E-state index in [0.29, 0.717) is 11.1 Å². The molecule has 4 N–H and O–H groups in total. The Bertz CT molecular complexity index is 805. The Balaban J connectivity index is 1.97. The molecule has 2 amide bonds. The van der Waals surface area contributed by atoms with Gasteiger partial charge in [0, 0.05) is 16.8 Å². The van der Waals surface area contributed by atoms with Crippen LogP contribution in [0, 0.1) is 0 Å². The zero-order valence-electron chi connectivity index (χ0n) is 13.9. The first-order chi connectivity index (χ1) is 12.1. The van der Waals surface area contributed by atoms with Crippen molar-refractivity contribution in [3.63, 3.8) is 0 Å². The van der Waals surface area contributed by atoms with Crippen molar-refractivity contribution in [2.45, 2.75) is 12.8 Å². The van der Waals surface area contributed by atoms with Gasteiger partial charge in [-0.05, 0) is 61.3 Å². The van der Waals surface area contributed by atoms with Crippen LogP contribution in [0.3, 0.4) is 0 Å². The Kier molecular flexibility index (Phi) is 5.26. The van der Waals surface area contributed by atoms with Gasteiger partial charge in [0.15, 0.2) is 0 Å². The fourth-order valence-electron chi connectivity index (χ4n) is 2.95. The topological polar surface area (TPSA) is 84.2 Å². The lowest BCUT2D eigenvalue weighted by Gasteiger charge is -2.21. The van der Waals surface area contributed by atoms with Gasteiger partial charge in [-0.15, -0.1) is 0 Å². The van der Waals surface area contributed by atoms with Crippen LogP contribution in [-0.4, -0.2) is 24.9 Å². The minimum absolute atomic E-state index is 0.161. The Morgan fingerprint density at radius 1 is 0.880 bits per heavy atom. The SMILES string of the molecule is NC(=O)c1cccc(C(NC(=O)c2ccccc2)=C2CCNCC2)c1. The molecule has 0 saturated carbocycles. The molecule has 0 bridgehead atoms. The lowest BCUT2D eigenvalue weighted by atomic mass is 9.97. The number of benzene rings is 2. The van der Waals surface area contributed by atoms with E-state index in [9.17, 15) is 9.59 Å². The second kappa shape index (κ2) is 7.77. The van der Waals surface area contributed by atoms with Crippen LogP contribution in [0.5, 0.6) is 0 Å². The van der Waals surface area contributed by atoms with Gasteiger partial charge in [0.1, 0.15) is 0 Å². The summed E-state index contributed by atoms with van der Waals surface area (Å²) < 4.78 is 0. The third-order valence-electron chi connectivity index (χ3n) is 4.27. The molecule has 0 atom stereocenters. The highest BCUT2D eigenvalue weighted by molar-refractivity contribution is 6.00. The van der Waals surface area contributed by atoms with Crippen LogP contribution in [0.2, 0.25) is 0 Å². The van der Waals surface area contributed by atoms with Crippen LogP contribution >= 0.6 is 0 Å². The van der Waals surface area contributed by atoms with E-state index in [4.69, 9.17) is 5.73 Å². The molecule has 5 nitrogen and oxygen atoms in total. The monoisotopic (exact) mass is 335 g/mol. The van der Waals surface area contributed by atoms with E-state index in [-0.39, 0.29) is 5.91 Å². The van der Waals surface area contributed by atoms with Crippen molar-refractivity contribution in [3.8, 4) is 0 Å². The quantitative estimate of drug-likeness (QED) is 0.801. The number of rotatable bonds is 4. The first kappa shape index (κ1) is 16.9. The predicted octanol–water partition coefficient (Wildman–Crippen LogP) is 2.31. The van der Waals surface area contributed by atoms with Crippen molar-refractivity contribution in [1.82, 2.24) is 10.6 Å². The van der Waals surface area contributed by atoms with Gasteiger partial charge in [0.05, 0.1) is 0 Å². The number of nitrogens with one attached hydrogen (secondary N) is 2. The molecule has 1 heterocycles. The van der Waals surface area contributed by atoms with E-state index in [2.05, 4.69) is 10.6 Å². The fourth-order valence-corrected chi connectivity index (χ4v) is 2.95. The van der Waals surface area contributed by atoms with E-state index in [1.165, 1.54) is 5.57 Å². The van der Waals surface area contributed by atoms with Crippen molar-refractivity contribution in [1.29, 1.82) is 0 Å². The molecule has 5 heteroatoms. The summed E-state index contributed by atoms with van der Waals surface area (Å²) in [5, 5.41) is 6.36. The van der Waals surface area contributed by atoms with Gasteiger partial charge in [0.25, 0.3) is 5.91 Å². The van der Waals surface area contributed by atoms with Crippen LogP contribution in [0.4, 0.5) is 0 Å². The number of primary amides is 1. The van der Waals surface area contributed by atoms with E-state index < -0.39 is 5.91 Å². The van der Waals surface area contributed by atoms with Gasteiger partial charge in [0.2, 0.25) is 5.91 Å². The highest BCUT2D eigenvalue weighted by atomic mass is 16.2. The third-order valence-corrected chi connectivity index (χ3v) is 4.27. The Labute approximate surface area is 146 Å². The molecule has 0 radical (unpaired) electrons. The summed E-state index contributed by atoms with van der Waals surface area (Å²) in [5.41, 5.74) is 9.18. The van der Waals surface area contributed by atoms with Crippen molar-refractivity contribution < 1.29 is 9.59 Å². The summed E-state index contributed by atoms with van der Waals surface area (Å²) in [6.07, 6.45) is 1.70. The molecule has 2 aromatic carbocycles. The molecule has 1 saturated heterocycles. The van der Waals surface area contributed by atoms with Crippen LogP contribution < -0.4 is 16.4 Å². The second-order valence-electron chi connectivity index (χ2n) is 5.99. The average Bonchev–Trinajstić information content (AvgIpc) is 2.67. The smallest absolute Gasteiger partial charge is 0.255 e. The lowest BCUT2D eigenvalue weighted by molar-refractivity contribution is 0.0971. The largest absolute Gasteiger partial charge is 0.366 e. The zero-order valence-corrected chi connectivity index (χ0v) is 13.9. The Morgan fingerprint density at radius 3 is 2.20 bits per heavy atom. The third kappa shape index (κ3) is 4.14. The molecule has 0 aliphatic carbocycles. The van der Waals surface area contributed by atoms with Gasteiger partial charge < -0.3 is 16.4 Å². The van der Waals surface area contributed by atoms with E-state index in [1.54, 1.807) is 30.3 Å². The van der Waals surface area contributed by atoms with Gasteiger partial charge >= 0.3 is 0 Å². The number of piperidine rings is 1. The predicted molar refractivity (Wildman–Crippen MR) is 97.9 cm³/mol. The van der Waals surface area contributed by atoms with E-state index in [1.807, 2.05) is 24.3 Å². The molecule has 3 rings (SSSR count). The normalized spacial score (nSPS) is 14.0. The minimum atomic E-state index is -0.481. The van der Waals surface area contributed by atoms with Crippen LogP contribution in [0.15, 0.2) is 60.2 Å². The van der Waals surface area contributed by atoms with Crippen molar-refractivity contribution >= 4 is 17.5 Å². The zero-order chi connectivity index (χ0) is 17.6. The first-order valence-electron chi connectivity index (χ1n) is 8.34. The highest BCUT2D eigenvalue weighted by Crippen LogP contribution is 2.24. The van der Waals surface area contributed by atoms with Crippen molar-refractivity contribution in [2.75, 3.05) is 13.1 Å². The standard InChI is InChI=1S/C20H21N3O2/c21-19(24)17-8-4-7-16(13-17)18(14-9-11-22-12-10-14)23-20(25)15-5-2-1-3-6-15/h1-8,13,22H,9-12H2,(H2,21,24)(H,23,25). The summed E-state index contributed by atoms with van der Waals surface area (Å²) in [7, 11) is 0. The number of hydrogen-bond acceptors (Lipinski definition) is 3. The van der Waals surface area contributed by atoms with E-state index in [0.717, 1.165) is 37.2 Å². The van der Waals surface area contributed by atoms with Crippen LogP contribution in [0.25, 0.3) is 5.70 Å². The van der Waals surface area contributed by atoms with Gasteiger partial charge in [-0.3, -0.25) is 9.59 Å². The molecule has 0 aromatic heterocycles. The summed E-state index contributed by atoms with van der Waals surface area (Å²) in [5.74, 6) is -0.642. The first-order valence-corrected chi connectivity index (χ1v) is 8.34. The highest BCUT2D eigenvalue weighted by Gasteiger charge is 2.17. The molecule has 2 aromatic rings. The number of hydrogen-bond donors (Lipinski definition) is 3.